The number of hydrazone groups is 1. The highest BCUT2D eigenvalue weighted by Gasteiger charge is 2.06. The van der Waals surface area contributed by atoms with Crippen LogP contribution < -0.4 is 5.43 Å². The lowest BCUT2D eigenvalue weighted by atomic mass is 10.2. The molecular weight excluding hydrogens is 260 g/mol. The molecule has 100 valence electrons. The summed E-state index contributed by atoms with van der Waals surface area (Å²) >= 11 is 6.06. The SMILES string of the molecule is Cc1ccc(N/N=C/c2c(C)nn(C)c2C)cc1Cl. The van der Waals surface area contributed by atoms with Gasteiger partial charge in [0.2, 0.25) is 0 Å². The molecule has 4 nitrogen and oxygen atoms in total. The lowest BCUT2D eigenvalue weighted by Gasteiger charge is -2.02. The summed E-state index contributed by atoms with van der Waals surface area (Å²) in [6.07, 6.45) is 1.78. The van der Waals surface area contributed by atoms with E-state index in [2.05, 4.69) is 15.6 Å². The monoisotopic (exact) mass is 276 g/mol. The van der Waals surface area contributed by atoms with Crippen LogP contribution in [0.4, 0.5) is 5.69 Å². The number of aryl methyl sites for hydroxylation is 3. The maximum Gasteiger partial charge on any atom is 0.0684 e. The van der Waals surface area contributed by atoms with E-state index in [4.69, 9.17) is 11.6 Å². The van der Waals surface area contributed by atoms with Crippen molar-refractivity contribution in [2.75, 3.05) is 5.43 Å². The molecule has 0 bridgehead atoms. The van der Waals surface area contributed by atoms with Crippen LogP contribution in [0, 0.1) is 20.8 Å². The zero-order valence-corrected chi connectivity index (χ0v) is 12.3. The Balaban J connectivity index is 2.13. The molecule has 1 aromatic carbocycles. The van der Waals surface area contributed by atoms with Crippen molar-refractivity contribution in [2.45, 2.75) is 20.8 Å². The van der Waals surface area contributed by atoms with Crippen molar-refractivity contribution in [1.82, 2.24) is 9.78 Å². The van der Waals surface area contributed by atoms with E-state index in [0.29, 0.717) is 0 Å². The van der Waals surface area contributed by atoms with Gasteiger partial charge in [0.05, 0.1) is 17.6 Å². The van der Waals surface area contributed by atoms with Crippen LogP contribution in [0.15, 0.2) is 23.3 Å². The molecule has 0 radical (unpaired) electrons. The fourth-order valence-electron chi connectivity index (χ4n) is 1.81. The number of halogens is 1. The van der Waals surface area contributed by atoms with Gasteiger partial charge in [0.1, 0.15) is 0 Å². The highest BCUT2D eigenvalue weighted by molar-refractivity contribution is 6.31. The lowest BCUT2D eigenvalue weighted by Crippen LogP contribution is -1.95. The molecule has 0 saturated heterocycles. The smallest absolute Gasteiger partial charge is 0.0684 e. The summed E-state index contributed by atoms with van der Waals surface area (Å²) in [4.78, 5) is 0. The molecular formula is C14H17ClN4. The number of benzene rings is 1. The Morgan fingerprint density at radius 2 is 2.05 bits per heavy atom. The Labute approximate surface area is 118 Å². The molecule has 2 aromatic rings. The molecule has 19 heavy (non-hydrogen) atoms. The number of hydrogen-bond acceptors (Lipinski definition) is 3. The van der Waals surface area contributed by atoms with Crippen molar-refractivity contribution in [3.63, 3.8) is 0 Å². The minimum Gasteiger partial charge on any atom is -0.278 e. The standard InChI is InChI=1S/C14H17ClN4/c1-9-5-6-12(7-14(9)15)17-16-8-13-10(2)18-19(4)11(13)3/h5-8,17H,1-4H3/b16-8+. The summed E-state index contributed by atoms with van der Waals surface area (Å²) < 4.78 is 1.85. The maximum absolute atomic E-state index is 6.06. The summed E-state index contributed by atoms with van der Waals surface area (Å²) in [6, 6.07) is 5.76. The van der Waals surface area contributed by atoms with E-state index < -0.39 is 0 Å². The van der Waals surface area contributed by atoms with Gasteiger partial charge in [-0.1, -0.05) is 17.7 Å². The molecule has 0 aliphatic rings. The predicted molar refractivity (Wildman–Crippen MR) is 80.1 cm³/mol. The van der Waals surface area contributed by atoms with Crippen LogP contribution >= 0.6 is 11.6 Å². The van der Waals surface area contributed by atoms with Crippen molar-refractivity contribution >= 4 is 23.5 Å². The normalized spacial score (nSPS) is 11.2. The van der Waals surface area contributed by atoms with E-state index in [1.165, 1.54) is 0 Å². The van der Waals surface area contributed by atoms with E-state index in [1.807, 2.05) is 50.7 Å². The second kappa shape index (κ2) is 5.45. The summed E-state index contributed by atoms with van der Waals surface area (Å²) in [5, 5.41) is 9.30. The van der Waals surface area contributed by atoms with Gasteiger partial charge in [0.15, 0.2) is 0 Å². The number of aromatic nitrogens is 2. The van der Waals surface area contributed by atoms with Gasteiger partial charge in [0.25, 0.3) is 0 Å². The first-order chi connectivity index (χ1) is 8.99. The molecule has 1 aromatic heterocycles. The van der Waals surface area contributed by atoms with E-state index in [1.54, 1.807) is 6.21 Å². The Kier molecular flexibility index (Phi) is 3.90. The van der Waals surface area contributed by atoms with Gasteiger partial charge in [-0.25, -0.2) is 0 Å². The highest BCUT2D eigenvalue weighted by atomic mass is 35.5. The quantitative estimate of drug-likeness (QED) is 0.689. The Bertz CT molecular complexity index is 629. The van der Waals surface area contributed by atoms with Gasteiger partial charge in [-0.3, -0.25) is 10.1 Å². The molecule has 0 aliphatic heterocycles. The zero-order chi connectivity index (χ0) is 14.0. The fraction of sp³-hybridized carbons (Fsp3) is 0.286. The van der Waals surface area contributed by atoms with E-state index in [-0.39, 0.29) is 0 Å². The Hall–Kier alpha value is -1.81. The van der Waals surface area contributed by atoms with Crippen LogP contribution in [0.25, 0.3) is 0 Å². The maximum atomic E-state index is 6.06. The molecule has 0 unspecified atom stereocenters. The van der Waals surface area contributed by atoms with Crippen molar-refractivity contribution in [1.29, 1.82) is 0 Å². The molecule has 1 N–H and O–H groups in total. The van der Waals surface area contributed by atoms with Crippen LogP contribution in [0.3, 0.4) is 0 Å². The zero-order valence-electron chi connectivity index (χ0n) is 11.5. The van der Waals surface area contributed by atoms with Crippen molar-refractivity contribution in [3.8, 4) is 0 Å². The van der Waals surface area contributed by atoms with Crippen LogP contribution in [0.2, 0.25) is 5.02 Å². The molecule has 0 spiro atoms. The number of anilines is 1. The second-order valence-electron chi connectivity index (χ2n) is 4.54. The molecule has 0 fully saturated rings. The van der Waals surface area contributed by atoms with Gasteiger partial charge in [-0.15, -0.1) is 0 Å². The molecule has 0 aliphatic carbocycles. The Morgan fingerprint density at radius 1 is 1.32 bits per heavy atom. The molecule has 0 atom stereocenters. The van der Waals surface area contributed by atoms with Gasteiger partial charge >= 0.3 is 0 Å². The van der Waals surface area contributed by atoms with Crippen molar-refractivity contribution in [3.05, 3.63) is 45.7 Å². The van der Waals surface area contributed by atoms with Crippen molar-refractivity contribution < 1.29 is 0 Å². The third-order valence-corrected chi connectivity index (χ3v) is 3.53. The highest BCUT2D eigenvalue weighted by Crippen LogP contribution is 2.19. The minimum atomic E-state index is 0.730. The average Bonchev–Trinajstić information content (AvgIpc) is 2.60. The first-order valence-corrected chi connectivity index (χ1v) is 6.42. The molecule has 1 heterocycles. The Morgan fingerprint density at radius 3 is 2.63 bits per heavy atom. The van der Waals surface area contributed by atoms with E-state index in [9.17, 15) is 0 Å². The van der Waals surface area contributed by atoms with Gasteiger partial charge in [-0.05, 0) is 38.5 Å². The first-order valence-electron chi connectivity index (χ1n) is 6.04. The van der Waals surface area contributed by atoms with Crippen LogP contribution in [0.1, 0.15) is 22.5 Å². The first kappa shape index (κ1) is 13.6. The molecule has 5 heteroatoms. The summed E-state index contributed by atoms with van der Waals surface area (Å²) in [5.41, 5.74) is 7.98. The van der Waals surface area contributed by atoms with E-state index >= 15 is 0 Å². The number of hydrogen-bond donors (Lipinski definition) is 1. The van der Waals surface area contributed by atoms with Gasteiger partial charge in [-0.2, -0.15) is 10.2 Å². The largest absolute Gasteiger partial charge is 0.278 e. The van der Waals surface area contributed by atoms with Crippen LogP contribution in [-0.2, 0) is 7.05 Å². The minimum absolute atomic E-state index is 0.730. The average molecular weight is 277 g/mol. The summed E-state index contributed by atoms with van der Waals surface area (Å²) in [7, 11) is 1.92. The number of rotatable bonds is 3. The third kappa shape index (κ3) is 2.96. The van der Waals surface area contributed by atoms with Crippen molar-refractivity contribution in [2.24, 2.45) is 12.1 Å². The summed E-state index contributed by atoms with van der Waals surface area (Å²) in [6.45, 7) is 5.96. The number of nitrogens with one attached hydrogen (secondary N) is 1. The van der Waals surface area contributed by atoms with Crippen LogP contribution in [0.5, 0.6) is 0 Å². The molecule has 2 rings (SSSR count). The molecule has 0 saturated carbocycles. The van der Waals surface area contributed by atoms with E-state index in [0.717, 1.165) is 33.2 Å². The van der Waals surface area contributed by atoms with Crippen LogP contribution in [-0.4, -0.2) is 16.0 Å². The third-order valence-electron chi connectivity index (χ3n) is 3.12. The molecule has 0 amide bonds. The predicted octanol–water partition coefficient (Wildman–Crippen LogP) is 3.44. The summed E-state index contributed by atoms with van der Waals surface area (Å²) in [5.74, 6) is 0. The lowest BCUT2D eigenvalue weighted by molar-refractivity contribution is 0.731. The second-order valence-corrected chi connectivity index (χ2v) is 4.95. The van der Waals surface area contributed by atoms with Gasteiger partial charge < -0.3 is 0 Å². The fourth-order valence-corrected chi connectivity index (χ4v) is 1.99. The number of nitrogens with zero attached hydrogens (tertiary/aromatic N) is 3. The van der Waals surface area contributed by atoms with Gasteiger partial charge in [0, 0.05) is 23.3 Å². The topological polar surface area (TPSA) is 42.2 Å².